The van der Waals surface area contributed by atoms with Crippen molar-refractivity contribution < 1.29 is 5.21 Å². The fourth-order valence-corrected chi connectivity index (χ4v) is 0.885. The van der Waals surface area contributed by atoms with Gasteiger partial charge in [0.05, 0.1) is 5.69 Å². The molecule has 4 heteroatoms. The molecule has 1 aromatic rings. The first kappa shape index (κ1) is 16.2. The molecule has 0 aromatic heterocycles. The Balaban J connectivity index is 0. The molecular weight excluding hydrogens is 190 g/mol. The fraction of sp³-hybridized carbons (Fsp3) is 0.455. The number of hydrazine groups is 1. The summed E-state index contributed by atoms with van der Waals surface area (Å²) in [6.07, 6.45) is 0. The molecule has 0 atom stereocenters. The Morgan fingerprint density at radius 3 is 1.93 bits per heavy atom. The standard InChI is InChI=1S/C7H11N3O.2C2H6/c1-9-6-4-2-3-5-7(6)10(8)11;2*1-2/h2-5,9,11H,8H2,1H3;2*1-2H3. The second-order valence-electron chi connectivity index (χ2n) is 2.11. The van der Waals surface area contributed by atoms with E-state index in [1.165, 1.54) is 0 Å². The molecule has 1 rings (SSSR count). The molecule has 1 aromatic carbocycles. The molecule has 0 saturated heterocycles. The van der Waals surface area contributed by atoms with Gasteiger partial charge in [-0.25, -0.2) is 5.84 Å². The maximum Gasteiger partial charge on any atom is 0.105 e. The van der Waals surface area contributed by atoms with Crippen molar-refractivity contribution in [2.45, 2.75) is 27.7 Å². The van der Waals surface area contributed by atoms with Crippen LogP contribution in [0.1, 0.15) is 27.7 Å². The van der Waals surface area contributed by atoms with Gasteiger partial charge in [0.25, 0.3) is 0 Å². The molecule has 0 bridgehead atoms. The maximum absolute atomic E-state index is 8.91. The zero-order valence-corrected chi connectivity index (χ0v) is 10.3. The van der Waals surface area contributed by atoms with Gasteiger partial charge < -0.3 is 5.32 Å². The van der Waals surface area contributed by atoms with Gasteiger partial charge in [0.2, 0.25) is 0 Å². The van der Waals surface area contributed by atoms with Crippen LogP contribution in [0.5, 0.6) is 0 Å². The van der Waals surface area contributed by atoms with Crippen LogP contribution < -0.4 is 16.3 Å². The summed E-state index contributed by atoms with van der Waals surface area (Å²) in [5, 5.41) is 12.4. The van der Waals surface area contributed by atoms with Crippen molar-refractivity contribution in [3.8, 4) is 0 Å². The monoisotopic (exact) mass is 213 g/mol. The van der Waals surface area contributed by atoms with Crippen molar-refractivity contribution in [2.75, 3.05) is 17.5 Å². The molecule has 0 radical (unpaired) electrons. The summed E-state index contributed by atoms with van der Waals surface area (Å²) in [7, 11) is 1.77. The topological polar surface area (TPSA) is 61.5 Å². The molecule has 4 nitrogen and oxygen atoms in total. The Morgan fingerprint density at radius 1 is 1.13 bits per heavy atom. The minimum absolute atomic E-state index is 0.551. The van der Waals surface area contributed by atoms with Crippen LogP contribution in [0.25, 0.3) is 0 Å². The Hall–Kier alpha value is -1.26. The van der Waals surface area contributed by atoms with Gasteiger partial charge in [-0.2, -0.15) is 5.17 Å². The number of nitrogens with two attached hydrogens (primary N) is 1. The van der Waals surface area contributed by atoms with Crippen LogP contribution in [0.2, 0.25) is 0 Å². The molecule has 88 valence electrons. The van der Waals surface area contributed by atoms with Crippen LogP contribution in [-0.4, -0.2) is 12.3 Å². The molecule has 0 saturated carbocycles. The quantitative estimate of drug-likeness (QED) is 0.522. The SMILES string of the molecule is CC.CC.CNc1ccccc1N(N)O. The summed E-state index contributed by atoms with van der Waals surface area (Å²) in [6, 6.07) is 7.20. The lowest BCUT2D eigenvalue weighted by Gasteiger charge is -2.13. The third-order valence-electron chi connectivity index (χ3n) is 1.42. The van der Waals surface area contributed by atoms with Gasteiger partial charge >= 0.3 is 0 Å². The fourth-order valence-electron chi connectivity index (χ4n) is 0.885. The highest BCUT2D eigenvalue weighted by molar-refractivity contribution is 5.67. The lowest BCUT2D eigenvalue weighted by Crippen LogP contribution is -2.26. The number of benzene rings is 1. The van der Waals surface area contributed by atoms with Crippen molar-refractivity contribution in [1.82, 2.24) is 0 Å². The van der Waals surface area contributed by atoms with E-state index in [9.17, 15) is 0 Å². The molecule has 15 heavy (non-hydrogen) atoms. The van der Waals surface area contributed by atoms with Gasteiger partial charge in [-0.05, 0) is 12.1 Å². The second-order valence-corrected chi connectivity index (χ2v) is 2.11. The molecule has 4 N–H and O–H groups in total. The molecule has 0 aliphatic carbocycles. The first-order valence-corrected chi connectivity index (χ1v) is 5.26. The first-order chi connectivity index (χ1) is 7.25. The van der Waals surface area contributed by atoms with E-state index in [4.69, 9.17) is 11.0 Å². The van der Waals surface area contributed by atoms with Crippen LogP contribution in [0.15, 0.2) is 24.3 Å². The van der Waals surface area contributed by atoms with Crippen LogP contribution in [0.3, 0.4) is 0 Å². The van der Waals surface area contributed by atoms with Gasteiger partial charge in [0, 0.05) is 7.05 Å². The molecule has 0 unspecified atom stereocenters. The van der Waals surface area contributed by atoms with Crippen LogP contribution in [-0.2, 0) is 0 Å². The predicted octanol–water partition coefficient (Wildman–Crippen LogP) is 2.85. The highest BCUT2D eigenvalue weighted by Crippen LogP contribution is 2.21. The number of nitrogens with one attached hydrogen (secondary N) is 1. The van der Waals surface area contributed by atoms with Crippen LogP contribution in [0, 0.1) is 0 Å². The zero-order chi connectivity index (χ0) is 12.3. The number of nitrogens with zero attached hydrogens (tertiary/aromatic N) is 1. The van der Waals surface area contributed by atoms with E-state index in [0.29, 0.717) is 10.9 Å². The minimum atomic E-state index is 0.551. The van der Waals surface area contributed by atoms with E-state index in [-0.39, 0.29) is 0 Å². The second kappa shape index (κ2) is 10.8. The van der Waals surface area contributed by atoms with Gasteiger partial charge in [0.15, 0.2) is 0 Å². The average molecular weight is 213 g/mol. The number of anilines is 2. The predicted molar refractivity (Wildman–Crippen MR) is 67.1 cm³/mol. The molecule has 0 spiro atoms. The average Bonchev–Trinajstić information content (AvgIpc) is 2.34. The van der Waals surface area contributed by atoms with Crippen molar-refractivity contribution in [2.24, 2.45) is 5.84 Å². The van der Waals surface area contributed by atoms with E-state index in [1.807, 2.05) is 39.8 Å². The highest BCUT2D eigenvalue weighted by atomic mass is 16.5. The summed E-state index contributed by atoms with van der Waals surface area (Å²) in [6.45, 7) is 8.00. The van der Waals surface area contributed by atoms with Crippen molar-refractivity contribution in [3.05, 3.63) is 24.3 Å². The van der Waals surface area contributed by atoms with E-state index in [1.54, 1.807) is 19.2 Å². The summed E-state index contributed by atoms with van der Waals surface area (Å²) in [5.74, 6) is 5.14. The minimum Gasteiger partial charge on any atom is -0.386 e. The summed E-state index contributed by atoms with van der Waals surface area (Å²) in [4.78, 5) is 0. The van der Waals surface area contributed by atoms with Gasteiger partial charge in [-0.15, -0.1) is 0 Å². The first-order valence-electron chi connectivity index (χ1n) is 5.26. The summed E-state index contributed by atoms with van der Waals surface area (Å²) in [5.41, 5.74) is 1.34. The van der Waals surface area contributed by atoms with Crippen molar-refractivity contribution in [3.63, 3.8) is 0 Å². The molecular formula is C11H23N3O. The summed E-state index contributed by atoms with van der Waals surface area (Å²) < 4.78 is 0. The maximum atomic E-state index is 8.91. The number of hydrogen-bond donors (Lipinski definition) is 3. The van der Waals surface area contributed by atoms with Gasteiger partial charge in [-0.3, -0.25) is 5.21 Å². The van der Waals surface area contributed by atoms with Crippen molar-refractivity contribution >= 4 is 11.4 Å². The lowest BCUT2D eigenvalue weighted by atomic mass is 10.3. The van der Waals surface area contributed by atoms with E-state index in [0.717, 1.165) is 5.69 Å². The van der Waals surface area contributed by atoms with E-state index >= 15 is 0 Å². The largest absolute Gasteiger partial charge is 0.386 e. The molecule has 0 amide bonds. The normalized spacial score (nSPS) is 7.67. The Kier molecular flexibility index (Phi) is 11.7. The molecule has 0 fully saturated rings. The Morgan fingerprint density at radius 2 is 1.60 bits per heavy atom. The van der Waals surface area contributed by atoms with E-state index in [2.05, 4.69) is 5.32 Å². The van der Waals surface area contributed by atoms with Crippen LogP contribution >= 0.6 is 0 Å². The zero-order valence-electron chi connectivity index (χ0n) is 10.3. The number of hydrogen-bond acceptors (Lipinski definition) is 4. The molecule has 0 aliphatic heterocycles. The number of rotatable bonds is 2. The highest BCUT2D eigenvalue weighted by Gasteiger charge is 2.01. The third kappa shape index (κ3) is 5.93. The number of para-hydroxylation sites is 2. The van der Waals surface area contributed by atoms with E-state index < -0.39 is 0 Å². The smallest absolute Gasteiger partial charge is 0.105 e. The Bertz CT molecular complexity index is 239. The third-order valence-corrected chi connectivity index (χ3v) is 1.42. The molecule has 0 heterocycles. The van der Waals surface area contributed by atoms with Gasteiger partial charge in [0.1, 0.15) is 5.69 Å². The summed E-state index contributed by atoms with van der Waals surface area (Å²) >= 11 is 0. The van der Waals surface area contributed by atoms with Crippen LogP contribution in [0.4, 0.5) is 11.4 Å². The Labute approximate surface area is 92.6 Å². The lowest BCUT2D eigenvalue weighted by molar-refractivity contribution is 0.258. The molecule has 0 aliphatic rings. The van der Waals surface area contributed by atoms with Gasteiger partial charge in [-0.1, -0.05) is 39.8 Å². The van der Waals surface area contributed by atoms with Crippen molar-refractivity contribution in [1.29, 1.82) is 0 Å².